The summed E-state index contributed by atoms with van der Waals surface area (Å²) in [5, 5.41) is 5.02. The number of hydrogen-bond donors (Lipinski definition) is 2. The van der Waals surface area contributed by atoms with Crippen molar-refractivity contribution < 1.29 is 61.9 Å². The monoisotopic (exact) mass is 956 g/mol. The van der Waals surface area contributed by atoms with Gasteiger partial charge in [0.2, 0.25) is 0 Å². The van der Waals surface area contributed by atoms with Gasteiger partial charge >= 0.3 is 36.2 Å². The molecule has 0 spiro atoms. The third kappa shape index (κ3) is 21.5. The van der Waals surface area contributed by atoms with Crippen molar-refractivity contribution in [1.29, 1.82) is 0 Å². The van der Waals surface area contributed by atoms with Gasteiger partial charge in [0, 0.05) is 6.42 Å². The van der Waals surface area contributed by atoms with Crippen molar-refractivity contribution in [1.82, 2.24) is 10.6 Å². The predicted molar refractivity (Wildman–Crippen MR) is 204 cm³/mol. The van der Waals surface area contributed by atoms with E-state index in [9.17, 15) is 28.8 Å². The molecule has 0 unspecified atom stereocenters. The first-order valence-corrected chi connectivity index (χ1v) is 19.3. The number of rotatable bonds is 19. The molecule has 2 atom stereocenters. The molecule has 0 saturated carbocycles. The molecule has 0 aromatic heterocycles. The van der Waals surface area contributed by atoms with Crippen LogP contribution in [0.25, 0.3) is 0 Å². The van der Waals surface area contributed by atoms with Crippen LogP contribution in [0.2, 0.25) is 0 Å². The van der Waals surface area contributed by atoms with Crippen molar-refractivity contribution in [2.45, 2.75) is 65.8 Å². The van der Waals surface area contributed by atoms with Gasteiger partial charge in [-0.05, 0) is 74.6 Å². The van der Waals surface area contributed by atoms with E-state index in [1.807, 2.05) is 106 Å². The standard InChI is InChI=1S/C18H24INO6.C17H22INO7/c1-13(2)16(17(22)24-10-6-9-15(21)26-12-19)20-18(23)25-11-14-7-4-3-5-8-14;1-12(2)14(15(20)23-8-9-24-17(22)26-11-18)19-16(21)25-10-13-6-4-3-5-7-13/h3-5,7-8,13,16H,6,9-12H2,1-2H3,(H,20,23);3-7,12,14H,8-11H2,1-2H3,(H,19,21)/t16-;14-/m00/s1. The maximum Gasteiger partial charge on any atom is 0.509 e. The van der Waals surface area contributed by atoms with Crippen LogP contribution in [-0.2, 0) is 60.8 Å². The molecule has 0 heterocycles. The summed E-state index contributed by atoms with van der Waals surface area (Å²) in [7, 11) is 0. The molecule has 2 aromatic rings. The highest BCUT2D eigenvalue weighted by Crippen LogP contribution is 2.08. The fraction of sp³-hybridized carbons (Fsp3) is 0.486. The molecule has 17 heteroatoms. The van der Waals surface area contributed by atoms with Gasteiger partial charge < -0.3 is 43.8 Å². The lowest BCUT2D eigenvalue weighted by atomic mass is 10.1. The zero-order valence-electron chi connectivity index (χ0n) is 29.5. The van der Waals surface area contributed by atoms with E-state index in [0.717, 1.165) is 11.1 Å². The second-order valence-corrected chi connectivity index (χ2v) is 12.5. The number of carbonyl (C=O) groups excluding carboxylic acids is 6. The molecular weight excluding hydrogens is 910 g/mol. The molecule has 0 aliphatic rings. The van der Waals surface area contributed by atoms with Crippen LogP contribution in [-0.4, -0.2) is 77.4 Å². The second-order valence-electron chi connectivity index (χ2n) is 11.3. The second kappa shape index (κ2) is 27.7. The summed E-state index contributed by atoms with van der Waals surface area (Å²) in [5.74, 6) is -1.91. The van der Waals surface area contributed by atoms with Crippen LogP contribution in [0.15, 0.2) is 60.7 Å². The molecule has 0 bridgehead atoms. The molecule has 2 rings (SSSR count). The first-order chi connectivity index (χ1) is 24.9. The van der Waals surface area contributed by atoms with Gasteiger partial charge in [0.15, 0.2) is 0 Å². The minimum absolute atomic E-state index is 0.0825. The SMILES string of the molecule is CC(C)[C@H](NC(=O)OCc1ccccc1)C(=O)OCCCC(=O)OCI.CC(C)[C@H](NC(=O)OCc1ccccc1)C(=O)OCCOC(=O)OCI. The van der Waals surface area contributed by atoms with Crippen LogP contribution in [0.3, 0.4) is 0 Å². The first kappa shape index (κ1) is 46.1. The van der Waals surface area contributed by atoms with Crippen LogP contribution in [0.4, 0.5) is 14.4 Å². The number of esters is 3. The van der Waals surface area contributed by atoms with E-state index in [2.05, 4.69) is 20.1 Å². The van der Waals surface area contributed by atoms with Gasteiger partial charge in [0.05, 0.1) is 6.61 Å². The zero-order valence-corrected chi connectivity index (χ0v) is 33.8. The number of ether oxygens (including phenoxy) is 7. The van der Waals surface area contributed by atoms with Crippen molar-refractivity contribution >= 4 is 81.4 Å². The molecule has 2 aromatic carbocycles. The Kier molecular flexibility index (Phi) is 24.6. The smallest absolute Gasteiger partial charge is 0.464 e. The van der Waals surface area contributed by atoms with Crippen molar-refractivity contribution in [2.75, 3.05) is 29.0 Å². The van der Waals surface area contributed by atoms with Crippen LogP contribution < -0.4 is 10.6 Å². The summed E-state index contributed by atoms with van der Waals surface area (Å²) in [4.78, 5) is 70.3. The number of hydrogen-bond acceptors (Lipinski definition) is 13. The minimum Gasteiger partial charge on any atom is -0.464 e. The van der Waals surface area contributed by atoms with Crippen molar-refractivity contribution in [2.24, 2.45) is 11.8 Å². The highest BCUT2D eigenvalue weighted by atomic mass is 127. The highest BCUT2D eigenvalue weighted by molar-refractivity contribution is 14.1. The Labute approximate surface area is 330 Å². The molecule has 2 amide bonds. The average Bonchev–Trinajstić information content (AvgIpc) is 3.12. The van der Waals surface area contributed by atoms with E-state index in [1.165, 1.54) is 0 Å². The Hall–Kier alpha value is -3.88. The normalized spacial score (nSPS) is 11.5. The Bertz CT molecular complexity index is 1260. The van der Waals surface area contributed by atoms with Gasteiger partial charge in [0.25, 0.3) is 0 Å². The number of nitrogens with one attached hydrogen (secondary N) is 2. The summed E-state index contributed by atoms with van der Waals surface area (Å²) in [6, 6.07) is 16.7. The molecule has 52 heavy (non-hydrogen) atoms. The number of benzene rings is 2. The Morgan fingerprint density at radius 3 is 1.40 bits per heavy atom. The molecule has 0 aliphatic heterocycles. The predicted octanol–water partition coefficient (Wildman–Crippen LogP) is 6.22. The van der Waals surface area contributed by atoms with Gasteiger partial charge in [-0.15, -0.1) is 0 Å². The van der Waals surface area contributed by atoms with E-state index in [-0.39, 0.29) is 61.9 Å². The van der Waals surface area contributed by atoms with Crippen molar-refractivity contribution in [3.8, 4) is 0 Å². The fourth-order valence-corrected chi connectivity index (χ4v) is 4.44. The zero-order chi connectivity index (χ0) is 38.7. The number of amides is 2. The van der Waals surface area contributed by atoms with Gasteiger partial charge in [-0.2, -0.15) is 0 Å². The topological polar surface area (TPSA) is 191 Å². The summed E-state index contributed by atoms with van der Waals surface area (Å²) < 4.78 is 34.9. The summed E-state index contributed by atoms with van der Waals surface area (Å²) >= 11 is 3.78. The maximum atomic E-state index is 12.2. The van der Waals surface area contributed by atoms with Gasteiger partial charge in [-0.25, -0.2) is 24.0 Å². The van der Waals surface area contributed by atoms with Crippen molar-refractivity contribution in [3.63, 3.8) is 0 Å². The molecule has 0 aliphatic carbocycles. The Balaban J connectivity index is 0.000000520. The van der Waals surface area contributed by atoms with E-state index < -0.39 is 42.4 Å². The quantitative estimate of drug-likeness (QED) is 0.0531. The molecular formula is C35H46I2N2O13. The lowest BCUT2D eigenvalue weighted by molar-refractivity contribution is -0.149. The van der Waals surface area contributed by atoms with E-state index in [4.69, 9.17) is 23.7 Å². The Morgan fingerprint density at radius 1 is 0.558 bits per heavy atom. The van der Waals surface area contributed by atoms with E-state index in [1.54, 1.807) is 27.7 Å². The molecule has 15 nitrogen and oxygen atoms in total. The van der Waals surface area contributed by atoms with Gasteiger partial charge in [-0.1, -0.05) is 88.4 Å². The lowest BCUT2D eigenvalue weighted by Crippen LogP contribution is -2.45. The molecule has 0 fully saturated rings. The average molecular weight is 957 g/mol. The third-order valence-corrected chi connectivity index (χ3v) is 7.14. The van der Waals surface area contributed by atoms with Crippen molar-refractivity contribution in [3.05, 3.63) is 71.8 Å². The van der Waals surface area contributed by atoms with Crippen LogP contribution in [0.1, 0.15) is 51.7 Å². The molecule has 2 N–H and O–H groups in total. The van der Waals surface area contributed by atoms with E-state index >= 15 is 0 Å². The van der Waals surface area contributed by atoms with Crippen LogP contribution in [0.5, 0.6) is 0 Å². The lowest BCUT2D eigenvalue weighted by Gasteiger charge is -2.20. The first-order valence-electron chi connectivity index (χ1n) is 16.2. The number of carbonyl (C=O) groups is 6. The summed E-state index contributed by atoms with van der Waals surface area (Å²) in [5.41, 5.74) is 1.69. The summed E-state index contributed by atoms with van der Waals surface area (Å²) in [6.07, 6.45) is -1.69. The molecule has 288 valence electrons. The number of halogens is 2. The Morgan fingerprint density at radius 2 is 0.981 bits per heavy atom. The minimum atomic E-state index is -0.875. The largest absolute Gasteiger partial charge is 0.509 e. The van der Waals surface area contributed by atoms with Gasteiger partial charge in [0.1, 0.15) is 47.7 Å². The molecule has 0 radical (unpaired) electrons. The molecule has 0 saturated heterocycles. The number of alkyl carbamates (subject to hydrolysis) is 2. The highest BCUT2D eigenvalue weighted by Gasteiger charge is 2.27. The summed E-state index contributed by atoms with van der Waals surface area (Å²) in [6.45, 7) is 7.13. The third-order valence-electron chi connectivity index (χ3n) is 6.52. The fourth-order valence-electron chi connectivity index (χ4n) is 3.83. The van der Waals surface area contributed by atoms with Crippen LogP contribution in [0, 0.1) is 11.8 Å². The maximum absolute atomic E-state index is 12.2. The number of alkyl halides is 2. The van der Waals surface area contributed by atoms with Crippen LogP contribution >= 0.6 is 45.2 Å². The van der Waals surface area contributed by atoms with E-state index in [0.29, 0.717) is 11.0 Å². The van der Waals surface area contributed by atoms with Gasteiger partial charge in [-0.3, -0.25) is 4.79 Å².